The highest BCUT2D eigenvalue weighted by Crippen LogP contribution is 2.06. The zero-order valence-electron chi connectivity index (χ0n) is 18.8. The number of aromatic amines is 1. The fourth-order valence-electron chi connectivity index (χ4n) is 2.76. The van der Waals surface area contributed by atoms with E-state index in [9.17, 15) is 34.2 Å². The molecular weight excluding hydrogens is 470 g/mol. The molecule has 14 nitrogen and oxygen atoms in total. The van der Waals surface area contributed by atoms with Crippen molar-refractivity contribution in [1.82, 2.24) is 25.9 Å². The van der Waals surface area contributed by atoms with Crippen LogP contribution >= 0.6 is 11.8 Å². The van der Waals surface area contributed by atoms with Crippen LogP contribution in [-0.2, 0) is 30.4 Å². The predicted molar refractivity (Wildman–Crippen MR) is 122 cm³/mol. The van der Waals surface area contributed by atoms with E-state index in [4.69, 9.17) is 11.5 Å². The van der Waals surface area contributed by atoms with Gasteiger partial charge in [-0.2, -0.15) is 11.8 Å². The van der Waals surface area contributed by atoms with Crippen molar-refractivity contribution in [3.05, 3.63) is 18.2 Å². The lowest BCUT2D eigenvalue weighted by atomic mass is 10.1. The summed E-state index contributed by atoms with van der Waals surface area (Å²) in [6, 6.07) is -5.22. The summed E-state index contributed by atoms with van der Waals surface area (Å²) in [6.07, 6.45) is 2.92. The molecule has 0 aromatic carbocycles. The summed E-state index contributed by atoms with van der Waals surface area (Å²) in [7, 11) is 0. The highest BCUT2D eigenvalue weighted by molar-refractivity contribution is 7.98. The predicted octanol–water partition coefficient (Wildman–Crippen LogP) is -3.17. The molecule has 1 rings (SSSR count). The number of aliphatic hydroxyl groups excluding tert-OH is 1. The average Bonchev–Trinajstić information content (AvgIpc) is 3.27. The van der Waals surface area contributed by atoms with E-state index in [2.05, 4.69) is 25.9 Å². The van der Waals surface area contributed by atoms with E-state index in [1.165, 1.54) is 31.2 Å². The molecule has 0 fully saturated rings. The van der Waals surface area contributed by atoms with E-state index in [-0.39, 0.29) is 12.8 Å². The Morgan fingerprint density at radius 3 is 2.18 bits per heavy atom. The van der Waals surface area contributed by atoms with Crippen molar-refractivity contribution in [2.75, 3.05) is 12.0 Å². The molecule has 5 unspecified atom stereocenters. The number of aliphatic carboxylic acids is 1. The van der Waals surface area contributed by atoms with Gasteiger partial charge in [0.15, 0.2) is 0 Å². The number of hydrogen-bond acceptors (Lipinski definition) is 9. The molecule has 0 saturated heterocycles. The number of imidazole rings is 1. The van der Waals surface area contributed by atoms with Gasteiger partial charge in [-0.05, 0) is 25.4 Å². The van der Waals surface area contributed by atoms with Crippen molar-refractivity contribution >= 4 is 41.4 Å². The fraction of sp³-hybridized carbons (Fsp3) is 0.579. The van der Waals surface area contributed by atoms with Gasteiger partial charge in [-0.15, -0.1) is 0 Å². The number of primary amides is 1. The molecule has 1 aromatic heterocycles. The molecule has 0 spiro atoms. The number of thioether (sulfide) groups is 1. The SMILES string of the molecule is CSCCC(NC(=O)C(Cc1cnc[nH]1)NC(=O)C(N)C(C)O)C(=O)NC(CC(N)=O)C(=O)O. The molecule has 5 atom stereocenters. The number of nitrogens with two attached hydrogens (primary N) is 2. The zero-order valence-corrected chi connectivity index (χ0v) is 19.6. The number of aromatic nitrogens is 2. The quantitative estimate of drug-likeness (QED) is 0.120. The average molecular weight is 502 g/mol. The molecule has 10 N–H and O–H groups in total. The van der Waals surface area contributed by atoms with Gasteiger partial charge in [-0.1, -0.05) is 0 Å². The Hall–Kier alpha value is -3.17. The van der Waals surface area contributed by atoms with E-state index >= 15 is 0 Å². The highest BCUT2D eigenvalue weighted by Gasteiger charge is 2.31. The van der Waals surface area contributed by atoms with Gasteiger partial charge in [0.1, 0.15) is 24.2 Å². The number of nitrogens with zero attached hydrogens (tertiary/aromatic N) is 1. The number of carbonyl (C=O) groups is 5. The molecule has 0 aliphatic carbocycles. The lowest BCUT2D eigenvalue weighted by molar-refractivity contribution is -0.143. The maximum atomic E-state index is 13.0. The Morgan fingerprint density at radius 1 is 1.09 bits per heavy atom. The van der Waals surface area contributed by atoms with Crippen LogP contribution < -0.4 is 27.4 Å². The summed E-state index contributed by atoms with van der Waals surface area (Å²) >= 11 is 1.39. The molecule has 1 heterocycles. The minimum Gasteiger partial charge on any atom is -0.480 e. The van der Waals surface area contributed by atoms with Crippen molar-refractivity contribution in [2.24, 2.45) is 11.5 Å². The Labute approximate surface area is 200 Å². The van der Waals surface area contributed by atoms with E-state index in [1.807, 2.05) is 0 Å². The van der Waals surface area contributed by atoms with Crippen molar-refractivity contribution in [2.45, 2.75) is 56.5 Å². The summed E-state index contributed by atoms with van der Waals surface area (Å²) in [5, 5.41) is 26.0. The summed E-state index contributed by atoms with van der Waals surface area (Å²) in [6.45, 7) is 1.32. The maximum absolute atomic E-state index is 13.0. The van der Waals surface area contributed by atoms with Gasteiger partial charge in [-0.3, -0.25) is 19.2 Å². The number of carboxylic acids is 1. The molecule has 15 heteroatoms. The first-order chi connectivity index (χ1) is 16.0. The van der Waals surface area contributed by atoms with Gasteiger partial charge < -0.3 is 42.6 Å². The van der Waals surface area contributed by atoms with Gasteiger partial charge >= 0.3 is 5.97 Å². The third-order valence-corrected chi connectivity index (χ3v) is 5.34. The second-order valence-electron chi connectivity index (χ2n) is 7.52. The Balaban J connectivity index is 3.04. The van der Waals surface area contributed by atoms with E-state index in [1.54, 1.807) is 6.26 Å². The van der Waals surface area contributed by atoms with Crippen LogP contribution in [0.4, 0.5) is 0 Å². The monoisotopic (exact) mass is 501 g/mol. The van der Waals surface area contributed by atoms with Gasteiger partial charge in [0.05, 0.1) is 18.9 Å². The van der Waals surface area contributed by atoms with Crippen LogP contribution in [0.2, 0.25) is 0 Å². The Morgan fingerprint density at radius 2 is 1.68 bits per heavy atom. The van der Waals surface area contributed by atoms with Gasteiger partial charge in [0.25, 0.3) is 0 Å². The molecule has 190 valence electrons. The minimum atomic E-state index is -1.57. The zero-order chi connectivity index (χ0) is 25.8. The third-order valence-electron chi connectivity index (χ3n) is 4.70. The number of nitrogens with one attached hydrogen (secondary N) is 4. The normalized spacial score (nSPS) is 15.3. The molecule has 0 aliphatic rings. The van der Waals surface area contributed by atoms with Crippen LogP contribution in [0.25, 0.3) is 0 Å². The third kappa shape index (κ3) is 9.76. The second-order valence-corrected chi connectivity index (χ2v) is 8.51. The molecule has 34 heavy (non-hydrogen) atoms. The molecule has 1 aromatic rings. The summed E-state index contributed by atoms with van der Waals surface area (Å²) in [4.78, 5) is 67.2. The number of hydrogen-bond donors (Lipinski definition) is 8. The molecule has 0 saturated carbocycles. The number of aliphatic hydroxyl groups is 1. The van der Waals surface area contributed by atoms with Gasteiger partial charge in [0.2, 0.25) is 23.6 Å². The van der Waals surface area contributed by atoms with Crippen molar-refractivity contribution in [3.63, 3.8) is 0 Å². The highest BCUT2D eigenvalue weighted by atomic mass is 32.2. The number of amides is 4. The number of H-pyrrole nitrogens is 1. The summed E-state index contributed by atoms with van der Waals surface area (Å²) in [5.41, 5.74) is 11.2. The Bertz CT molecular complexity index is 850. The first-order valence-corrected chi connectivity index (χ1v) is 11.7. The summed E-state index contributed by atoms with van der Waals surface area (Å²) < 4.78 is 0. The van der Waals surface area contributed by atoms with Crippen LogP contribution in [0, 0.1) is 0 Å². The van der Waals surface area contributed by atoms with Crippen LogP contribution in [0.15, 0.2) is 12.5 Å². The number of carbonyl (C=O) groups excluding carboxylic acids is 4. The molecule has 4 amide bonds. The molecule has 0 radical (unpaired) electrons. The lowest BCUT2D eigenvalue weighted by Gasteiger charge is -2.25. The molecule has 0 bridgehead atoms. The Kier molecular flexibility index (Phi) is 12.0. The van der Waals surface area contributed by atoms with Crippen molar-refractivity contribution in [1.29, 1.82) is 0 Å². The molecule has 0 aliphatic heterocycles. The fourth-order valence-corrected chi connectivity index (χ4v) is 3.23. The van der Waals surface area contributed by atoms with Crippen LogP contribution in [0.5, 0.6) is 0 Å². The maximum Gasteiger partial charge on any atom is 0.326 e. The van der Waals surface area contributed by atoms with Gasteiger partial charge in [-0.25, -0.2) is 9.78 Å². The molecular formula is C19H31N7O7S. The van der Waals surface area contributed by atoms with Crippen LogP contribution in [0.3, 0.4) is 0 Å². The number of rotatable bonds is 15. The van der Waals surface area contributed by atoms with Crippen molar-refractivity contribution in [3.8, 4) is 0 Å². The smallest absolute Gasteiger partial charge is 0.326 e. The van der Waals surface area contributed by atoms with Crippen LogP contribution in [0.1, 0.15) is 25.5 Å². The minimum absolute atomic E-state index is 0.0274. The van der Waals surface area contributed by atoms with E-state index in [0.717, 1.165) is 0 Å². The summed E-state index contributed by atoms with van der Waals surface area (Å²) in [5.74, 6) is -4.30. The topological polar surface area (TPSA) is 243 Å². The lowest BCUT2D eigenvalue weighted by Crippen LogP contribution is -2.58. The van der Waals surface area contributed by atoms with E-state index in [0.29, 0.717) is 11.4 Å². The van der Waals surface area contributed by atoms with E-state index < -0.39 is 66.3 Å². The largest absolute Gasteiger partial charge is 0.480 e. The van der Waals surface area contributed by atoms with Crippen LogP contribution in [-0.4, -0.2) is 92.1 Å². The first-order valence-electron chi connectivity index (χ1n) is 10.3. The second kappa shape index (κ2) is 14.2. The van der Waals surface area contributed by atoms with Gasteiger partial charge in [0, 0.05) is 18.3 Å². The number of carboxylic acid groups (broad SMARTS) is 1. The standard InChI is InChI=1S/C19H31N7O7S/c1-9(27)15(21)18(31)25-12(5-10-7-22-8-23-10)17(30)24-11(3-4-34-2)16(29)26-13(19(32)33)6-14(20)28/h7-9,11-13,15,27H,3-6,21H2,1-2H3,(H2,20,28)(H,22,23)(H,24,30)(H,25,31)(H,26,29)(H,32,33). The van der Waals surface area contributed by atoms with Crippen molar-refractivity contribution < 1.29 is 34.2 Å². The first kappa shape index (κ1) is 28.9.